The second kappa shape index (κ2) is 10.4. The number of aliphatic hydroxyl groups is 1. The van der Waals surface area contributed by atoms with Crippen molar-refractivity contribution in [1.82, 2.24) is 20.5 Å². The molecule has 1 saturated heterocycles. The van der Waals surface area contributed by atoms with E-state index in [0.717, 1.165) is 34.5 Å². The van der Waals surface area contributed by atoms with Gasteiger partial charge in [0.25, 0.3) is 0 Å². The predicted octanol–water partition coefficient (Wildman–Crippen LogP) is 4.94. The lowest BCUT2D eigenvalue weighted by molar-refractivity contribution is 0.108. The largest absolute Gasteiger partial charge is 0.493 e. The number of para-hydroxylation sites is 1. The third-order valence-corrected chi connectivity index (χ3v) is 7.65. The van der Waals surface area contributed by atoms with Gasteiger partial charge in [-0.2, -0.15) is 5.10 Å². The lowest BCUT2D eigenvalue weighted by atomic mass is 9.99. The Morgan fingerprint density at radius 2 is 1.81 bits per heavy atom. The molecule has 8 nitrogen and oxygen atoms in total. The van der Waals surface area contributed by atoms with Crippen molar-refractivity contribution in [3.8, 4) is 16.9 Å². The number of fused-ring (bicyclic) bond motifs is 2. The van der Waals surface area contributed by atoms with E-state index in [2.05, 4.69) is 20.4 Å². The third-order valence-electron chi connectivity index (χ3n) is 6.84. The number of nitrogens with one attached hydrogen (secondary N) is 1. The molecular weight excluding hydrogens is 513 g/mol. The van der Waals surface area contributed by atoms with E-state index in [1.807, 2.05) is 36.4 Å². The number of anilines is 1. The molecule has 190 valence electrons. The van der Waals surface area contributed by atoms with Crippen molar-refractivity contribution in [2.75, 3.05) is 37.8 Å². The summed E-state index contributed by atoms with van der Waals surface area (Å²) in [6.45, 7) is 3.04. The van der Waals surface area contributed by atoms with Gasteiger partial charge in [-0.25, -0.2) is 0 Å². The normalized spacial score (nSPS) is 18.4. The number of hydrogen-bond donors (Lipinski definition) is 2. The topological polar surface area (TPSA) is 92.6 Å². The highest BCUT2D eigenvalue weighted by Crippen LogP contribution is 2.40. The van der Waals surface area contributed by atoms with Gasteiger partial charge >= 0.3 is 0 Å². The smallest absolute Gasteiger partial charge is 0.136 e. The number of aromatic nitrogens is 3. The van der Waals surface area contributed by atoms with Gasteiger partial charge in [-0.05, 0) is 12.1 Å². The van der Waals surface area contributed by atoms with Gasteiger partial charge in [0.05, 0.1) is 41.8 Å². The number of ether oxygens (including phenoxy) is 2. The number of halogens is 2. The molecule has 37 heavy (non-hydrogen) atoms. The van der Waals surface area contributed by atoms with Crippen molar-refractivity contribution in [1.29, 1.82) is 0 Å². The van der Waals surface area contributed by atoms with Gasteiger partial charge in [-0.3, -0.25) is 10.3 Å². The second-order valence-corrected chi connectivity index (χ2v) is 9.80. The Kier molecular flexibility index (Phi) is 6.84. The Morgan fingerprint density at radius 1 is 0.973 bits per heavy atom. The van der Waals surface area contributed by atoms with E-state index in [9.17, 15) is 5.11 Å². The van der Waals surface area contributed by atoms with Crippen molar-refractivity contribution in [2.24, 2.45) is 0 Å². The highest BCUT2D eigenvalue weighted by molar-refractivity contribution is 6.43. The summed E-state index contributed by atoms with van der Waals surface area (Å²) in [5.41, 5.74) is 5.09. The molecule has 6 rings (SSSR count). The van der Waals surface area contributed by atoms with Crippen LogP contribution in [0.25, 0.3) is 22.2 Å². The number of rotatable bonds is 5. The first-order valence-corrected chi connectivity index (χ1v) is 12.9. The molecule has 4 aromatic rings. The molecule has 0 spiro atoms. The maximum atomic E-state index is 11.5. The minimum absolute atomic E-state index is 0.0733. The standard InChI is InChI=1S/C27H25Cl2N5O3/c28-20-6-3-5-16(23(20)29)18-15-31-33-25-24(18)30-14-19(26(25)34-9-12-36-13-10-34)27(35)32-21-8-11-37-22-7-2-1-4-17(21)22/h1-7,14-15,21,27,32,35H,8-13H2/t21-,27?/m0/s1. The molecule has 0 bridgehead atoms. The van der Waals surface area contributed by atoms with Crippen molar-refractivity contribution < 1.29 is 14.6 Å². The molecule has 2 N–H and O–H groups in total. The van der Waals surface area contributed by atoms with Gasteiger partial charge in [0, 0.05) is 54.0 Å². The predicted molar refractivity (Wildman–Crippen MR) is 143 cm³/mol. The summed E-state index contributed by atoms with van der Waals surface area (Å²) in [5, 5.41) is 24.5. The van der Waals surface area contributed by atoms with E-state index in [4.69, 9.17) is 37.7 Å². The van der Waals surface area contributed by atoms with Gasteiger partial charge < -0.3 is 19.5 Å². The molecule has 1 fully saturated rings. The molecule has 2 aromatic heterocycles. The van der Waals surface area contributed by atoms with Crippen LogP contribution in [0, 0.1) is 0 Å². The van der Waals surface area contributed by atoms with E-state index < -0.39 is 6.23 Å². The number of pyridine rings is 1. The molecule has 4 heterocycles. The maximum Gasteiger partial charge on any atom is 0.136 e. The minimum atomic E-state index is -0.994. The molecule has 0 radical (unpaired) electrons. The fraction of sp³-hybridized carbons (Fsp3) is 0.296. The maximum absolute atomic E-state index is 11.5. The molecule has 0 amide bonds. The van der Waals surface area contributed by atoms with Gasteiger partial charge in [0.1, 0.15) is 23.0 Å². The highest BCUT2D eigenvalue weighted by atomic mass is 35.5. The minimum Gasteiger partial charge on any atom is -0.493 e. The van der Waals surface area contributed by atoms with Crippen molar-refractivity contribution >= 4 is 39.9 Å². The average molecular weight is 538 g/mol. The van der Waals surface area contributed by atoms with Crippen LogP contribution >= 0.6 is 23.2 Å². The van der Waals surface area contributed by atoms with Crippen LogP contribution < -0.4 is 15.0 Å². The Balaban J connectivity index is 1.45. The SMILES string of the molecule is OC(N[C@H]1CCOc2ccccc21)c1cnc2c(-c3cccc(Cl)c3Cl)cnnc2c1N1CCOCC1. The van der Waals surface area contributed by atoms with Crippen LogP contribution in [-0.4, -0.2) is 53.2 Å². The first-order chi connectivity index (χ1) is 18.1. The van der Waals surface area contributed by atoms with E-state index in [0.29, 0.717) is 59.6 Å². The van der Waals surface area contributed by atoms with Crippen molar-refractivity contribution in [3.05, 3.63) is 76.0 Å². The fourth-order valence-corrected chi connectivity index (χ4v) is 5.43. The quantitative estimate of drug-likeness (QED) is 0.346. The first-order valence-electron chi connectivity index (χ1n) is 12.2. The van der Waals surface area contributed by atoms with Crippen LogP contribution in [0.1, 0.15) is 29.8 Å². The Labute approximate surface area is 224 Å². The molecule has 2 aromatic carbocycles. The molecule has 1 unspecified atom stereocenters. The van der Waals surface area contributed by atoms with Gasteiger partial charge in [-0.1, -0.05) is 53.5 Å². The third kappa shape index (κ3) is 4.60. The number of hydrogen-bond acceptors (Lipinski definition) is 8. The zero-order valence-electron chi connectivity index (χ0n) is 19.9. The van der Waals surface area contributed by atoms with Crippen LogP contribution in [-0.2, 0) is 4.74 Å². The van der Waals surface area contributed by atoms with Crippen LogP contribution in [0.2, 0.25) is 10.0 Å². The molecule has 2 atom stereocenters. The Hall–Kier alpha value is -3.01. The number of aliphatic hydroxyl groups excluding tert-OH is 1. The Bertz CT molecular complexity index is 1450. The van der Waals surface area contributed by atoms with Gasteiger partial charge in [-0.15, -0.1) is 5.10 Å². The zero-order chi connectivity index (χ0) is 25.4. The van der Waals surface area contributed by atoms with Gasteiger partial charge in [0.15, 0.2) is 0 Å². The number of benzene rings is 2. The van der Waals surface area contributed by atoms with Crippen LogP contribution in [0.15, 0.2) is 54.9 Å². The van der Waals surface area contributed by atoms with Crippen LogP contribution in [0.3, 0.4) is 0 Å². The first kappa shape index (κ1) is 24.3. The average Bonchev–Trinajstić information content (AvgIpc) is 2.94. The van der Waals surface area contributed by atoms with E-state index in [-0.39, 0.29) is 6.04 Å². The summed E-state index contributed by atoms with van der Waals surface area (Å²) in [6, 6.07) is 13.3. The molecule has 10 heteroatoms. The molecular formula is C27H25Cl2N5O3. The van der Waals surface area contributed by atoms with Crippen molar-refractivity contribution in [2.45, 2.75) is 18.7 Å². The van der Waals surface area contributed by atoms with Gasteiger partial charge in [0.2, 0.25) is 0 Å². The summed E-state index contributed by atoms with van der Waals surface area (Å²) in [7, 11) is 0. The van der Waals surface area contributed by atoms with E-state index in [1.54, 1.807) is 18.5 Å². The summed E-state index contributed by atoms with van der Waals surface area (Å²) < 4.78 is 11.4. The van der Waals surface area contributed by atoms with Crippen molar-refractivity contribution in [3.63, 3.8) is 0 Å². The molecule has 0 saturated carbocycles. The lowest BCUT2D eigenvalue weighted by Crippen LogP contribution is -2.38. The summed E-state index contributed by atoms with van der Waals surface area (Å²) in [5.74, 6) is 0.831. The summed E-state index contributed by atoms with van der Waals surface area (Å²) >= 11 is 12.9. The van der Waals surface area contributed by atoms with E-state index >= 15 is 0 Å². The summed E-state index contributed by atoms with van der Waals surface area (Å²) in [4.78, 5) is 6.93. The number of morpholine rings is 1. The van der Waals surface area contributed by atoms with E-state index in [1.165, 1.54) is 0 Å². The Morgan fingerprint density at radius 3 is 2.68 bits per heavy atom. The molecule has 0 aliphatic carbocycles. The van der Waals surface area contributed by atoms with Crippen LogP contribution in [0.5, 0.6) is 5.75 Å². The molecule has 2 aliphatic rings. The summed E-state index contributed by atoms with van der Waals surface area (Å²) in [6.07, 6.45) is 3.09. The zero-order valence-corrected chi connectivity index (χ0v) is 21.4. The van der Waals surface area contributed by atoms with Crippen LogP contribution in [0.4, 0.5) is 5.69 Å². The highest BCUT2D eigenvalue weighted by Gasteiger charge is 2.29. The fourth-order valence-electron chi connectivity index (χ4n) is 5.03. The monoisotopic (exact) mass is 537 g/mol. The lowest BCUT2D eigenvalue weighted by Gasteiger charge is -2.33. The number of nitrogens with zero attached hydrogens (tertiary/aromatic N) is 4. The molecule has 2 aliphatic heterocycles. The second-order valence-electron chi connectivity index (χ2n) is 9.02.